The highest BCUT2D eigenvalue weighted by Gasteiger charge is 2.15. The van der Waals surface area contributed by atoms with Gasteiger partial charge in [0.1, 0.15) is 0 Å². The van der Waals surface area contributed by atoms with Crippen LogP contribution in [-0.4, -0.2) is 33.4 Å². The number of hydrogen-bond acceptors (Lipinski definition) is 4. The first-order chi connectivity index (χ1) is 13.8. The van der Waals surface area contributed by atoms with Crippen LogP contribution in [0.5, 0.6) is 0 Å². The van der Waals surface area contributed by atoms with Gasteiger partial charge in [-0.25, -0.2) is 0 Å². The topological polar surface area (TPSA) is 36.9 Å². The molecule has 28 heavy (non-hydrogen) atoms. The van der Waals surface area contributed by atoms with E-state index >= 15 is 0 Å². The van der Waals surface area contributed by atoms with Crippen molar-refractivity contribution in [3.8, 4) is 0 Å². The van der Waals surface area contributed by atoms with Crippen LogP contribution >= 0.6 is 0 Å². The van der Waals surface area contributed by atoms with E-state index in [-0.39, 0.29) is 6.10 Å². The summed E-state index contributed by atoms with van der Waals surface area (Å²) in [5.74, 6) is 0. The van der Waals surface area contributed by atoms with Gasteiger partial charge < -0.3 is 18.9 Å². The molecule has 0 saturated carbocycles. The van der Waals surface area contributed by atoms with Crippen LogP contribution in [0.3, 0.4) is 0 Å². The second kappa shape index (κ2) is 22.7. The molecule has 0 amide bonds. The lowest BCUT2D eigenvalue weighted by Gasteiger charge is -2.23. The summed E-state index contributed by atoms with van der Waals surface area (Å²) in [4.78, 5) is 0. The molecule has 0 spiro atoms. The van der Waals surface area contributed by atoms with Gasteiger partial charge >= 0.3 is 0 Å². The summed E-state index contributed by atoms with van der Waals surface area (Å²) >= 11 is 0. The number of allylic oxidation sites excluding steroid dienone is 1. The average molecular weight is 401 g/mol. The molecule has 0 N–H and O–H groups in total. The fourth-order valence-corrected chi connectivity index (χ4v) is 3.40. The molecule has 0 aliphatic heterocycles. The Bertz CT molecular complexity index is 316. The molecule has 0 aliphatic carbocycles. The highest BCUT2D eigenvalue weighted by atomic mass is 16.8. The molecule has 0 fully saturated rings. The summed E-state index contributed by atoms with van der Waals surface area (Å²) in [6.07, 6.45) is 23.0. The number of hydrogen-bond donors (Lipinski definition) is 0. The Morgan fingerprint density at radius 3 is 1.68 bits per heavy atom. The maximum Gasteiger partial charge on any atom is 0.271 e. The molecule has 0 aliphatic rings. The Balaban J connectivity index is 3.83. The molecule has 0 saturated heterocycles. The molecule has 0 heterocycles. The van der Waals surface area contributed by atoms with Crippen LogP contribution in [0.1, 0.15) is 110 Å². The molecule has 0 aromatic heterocycles. The first-order valence-corrected chi connectivity index (χ1v) is 11.7. The van der Waals surface area contributed by atoms with E-state index in [1.54, 1.807) is 20.5 Å². The summed E-state index contributed by atoms with van der Waals surface area (Å²) in [6.45, 7) is 4.55. The average Bonchev–Trinajstić information content (AvgIpc) is 2.71. The fraction of sp³-hybridized carbons (Fsp3) is 0.917. The first-order valence-electron chi connectivity index (χ1n) is 11.7. The second-order valence-corrected chi connectivity index (χ2v) is 7.68. The van der Waals surface area contributed by atoms with Gasteiger partial charge in [-0.3, -0.25) is 0 Å². The standard InChI is InChI=1S/C24H48O4/c1-5-7-8-9-10-13-16-19-23(28-24(25-3)26-4)20-17-14-11-12-15-18-22-27-21-6-2/h6,21,23-24H,5,7-20,22H2,1-4H3. The quantitative estimate of drug-likeness (QED) is 0.108. The van der Waals surface area contributed by atoms with Crippen LogP contribution in [0.25, 0.3) is 0 Å². The van der Waals surface area contributed by atoms with Gasteiger partial charge in [0.25, 0.3) is 6.48 Å². The predicted octanol–water partition coefficient (Wildman–Crippen LogP) is 7.37. The zero-order valence-electron chi connectivity index (χ0n) is 19.3. The van der Waals surface area contributed by atoms with Crippen molar-refractivity contribution in [3.63, 3.8) is 0 Å². The SMILES string of the molecule is CC=COCCCCCCCCC(CCCCCCCCC)OC(OC)OC. The lowest BCUT2D eigenvalue weighted by atomic mass is 10.0. The first kappa shape index (κ1) is 27.4. The van der Waals surface area contributed by atoms with Crippen LogP contribution in [-0.2, 0) is 18.9 Å². The van der Waals surface area contributed by atoms with E-state index < -0.39 is 6.48 Å². The van der Waals surface area contributed by atoms with Crippen molar-refractivity contribution in [1.29, 1.82) is 0 Å². The summed E-state index contributed by atoms with van der Waals surface area (Å²) < 4.78 is 21.8. The Labute approximate surface area is 175 Å². The molecule has 0 rings (SSSR count). The van der Waals surface area contributed by atoms with E-state index in [0.29, 0.717) is 0 Å². The summed E-state index contributed by atoms with van der Waals surface area (Å²) in [7, 11) is 3.28. The van der Waals surface area contributed by atoms with E-state index in [1.807, 2.05) is 13.0 Å². The Kier molecular flexibility index (Phi) is 22.2. The van der Waals surface area contributed by atoms with E-state index in [1.165, 1.54) is 77.0 Å². The van der Waals surface area contributed by atoms with Crippen molar-refractivity contribution in [2.24, 2.45) is 0 Å². The van der Waals surface area contributed by atoms with E-state index in [0.717, 1.165) is 25.9 Å². The lowest BCUT2D eigenvalue weighted by molar-refractivity contribution is -0.285. The van der Waals surface area contributed by atoms with Gasteiger partial charge in [0.2, 0.25) is 0 Å². The van der Waals surface area contributed by atoms with Gasteiger partial charge in [-0.15, -0.1) is 0 Å². The Morgan fingerprint density at radius 2 is 1.18 bits per heavy atom. The van der Waals surface area contributed by atoms with Gasteiger partial charge in [0.05, 0.1) is 19.0 Å². The molecule has 0 aromatic carbocycles. The van der Waals surface area contributed by atoms with Crippen molar-refractivity contribution in [2.45, 2.75) is 123 Å². The van der Waals surface area contributed by atoms with Crippen molar-refractivity contribution in [3.05, 3.63) is 12.3 Å². The minimum absolute atomic E-state index is 0.245. The third kappa shape index (κ3) is 18.8. The molecular weight excluding hydrogens is 352 g/mol. The molecular formula is C24H48O4. The molecule has 1 atom stereocenters. The van der Waals surface area contributed by atoms with Crippen molar-refractivity contribution >= 4 is 0 Å². The third-order valence-electron chi connectivity index (χ3n) is 5.09. The normalized spacial score (nSPS) is 12.9. The minimum Gasteiger partial charge on any atom is -0.502 e. The molecule has 0 aromatic rings. The highest BCUT2D eigenvalue weighted by Crippen LogP contribution is 2.18. The monoisotopic (exact) mass is 400 g/mol. The summed E-state index contributed by atoms with van der Waals surface area (Å²) in [5, 5.41) is 0. The number of methoxy groups -OCH3 is 2. The minimum atomic E-state index is -0.535. The van der Waals surface area contributed by atoms with Gasteiger partial charge in [-0.1, -0.05) is 90.0 Å². The summed E-state index contributed by atoms with van der Waals surface area (Å²) in [6, 6.07) is 0. The molecule has 4 heteroatoms. The van der Waals surface area contributed by atoms with Crippen molar-refractivity contribution in [1.82, 2.24) is 0 Å². The lowest BCUT2D eigenvalue weighted by Crippen LogP contribution is -2.25. The molecule has 0 bridgehead atoms. The number of ether oxygens (including phenoxy) is 4. The van der Waals surface area contributed by atoms with Crippen LogP contribution in [0, 0.1) is 0 Å². The van der Waals surface area contributed by atoms with Crippen LogP contribution in [0.4, 0.5) is 0 Å². The molecule has 168 valence electrons. The largest absolute Gasteiger partial charge is 0.502 e. The van der Waals surface area contributed by atoms with Crippen molar-refractivity contribution < 1.29 is 18.9 Å². The molecule has 1 unspecified atom stereocenters. The summed E-state index contributed by atoms with van der Waals surface area (Å²) in [5.41, 5.74) is 0. The van der Waals surface area contributed by atoms with E-state index in [2.05, 4.69) is 6.92 Å². The van der Waals surface area contributed by atoms with E-state index in [4.69, 9.17) is 18.9 Å². The van der Waals surface area contributed by atoms with Crippen LogP contribution in [0.2, 0.25) is 0 Å². The smallest absolute Gasteiger partial charge is 0.271 e. The zero-order chi connectivity index (χ0) is 20.7. The number of unbranched alkanes of at least 4 members (excludes halogenated alkanes) is 11. The Morgan fingerprint density at radius 1 is 0.679 bits per heavy atom. The van der Waals surface area contributed by atoms with Gasteiger partial charge in [-0.2, -0.15) is 0 Å². The van der Waals surface area contributed by atoms with Gasteiger partial charge in [-0.05, 0) is 26.2 Å². The highest BCUT2D eigenvalue weighted by molar-refractivity contribution is 4.65. The van der Waals surface area contributed by atoms with Crippen molar-refractivity contribution in [2.75, 3.05) is 20.8 Å². The molecule has 4 nitrogen and oxygen atoms in total. The molecule has 0 radical (unpaired) electrons. The van der Waals surface area contributed by atoms with E-state index in [9.17, 15) is 0 Å². The van der Waals surface area contributed by atoms with Crippen LogP contribution < -0.4 is 0 Å². The Hall–Kier alpha value is -0.580. The maximum absolute atomic E-state index is 6.01. The maximum atomic E-state index is 6.01. The fourth-order valence-electron chi connectivity index (χ4n) is 3.40. The predicted molar refractivity (Wildman–Crippen MR) is 118 cm³/mol. The van der Waals surface area contributed by atoms with Gasteiger partial charge in [0.15, 0.2) is 0 Å². The third-order valence-corrected chi connectivity index (χ3v) is 5.09. The zero-order valence-corrected chi connectivity index (χ0v) is 19.3. The second-order valence-electron chi connectivity index (χ2n) is 7.68. The van der Waals surface area contributed by atoms with Gasteiger partial charge in [0, 0.05) is 14.2 Å². The van der Waals surface area contributed by atoms with Crippen LogP contribution in [0.15, 0.2) is 12.3 Å². The number of rotatable bonds is 22.